The quantitative estimate of drug-likeness (QED) is 0.631. The van der Waals surface area contributed by atoms with Gasteiger partial charge in [0.1, 0.15) is 6.04 Å². The van der Waals surface area contributed by atoms with Crippen LogP contribution in [0.25, 0.3) is 0 Å². The molecule has 0 saturated carbocycles. The van der Waals surface area contributed by atoms with Crippen LogP contribution < -0.4 is 10.2 Å². The second-order valence-corrected chi connectivity index (χ2v) is 7.46. The summed E-state index contributed by atoms with van der Waals surface area (Å²) in [7, 11) is 0. The van der Waals surface area contributed by atoms with E-state index in [2.05, 4.69) is 25.8 Å². The first-order chi connectivity index (χ1) is 14.1. The molecule has 1 saturated heterocycles. The smallest absolute Gasteiger partial charge is 0.242 e. The SMILES string of the molecule is Cl.N#Cc1ccc(Cn2cncc2CN(c2ccc(Cl)cc2)[C@@H]2CCNC2=O)cc1. The molecule has 0 unspecified atom stereocenters. The van der Waals surface area contributed by atoms with Gasteiger partial charge >= 0.3 is 0 Å². The van der Waals surface area contributed by atoms with Gasteiger partial charge in [-0.15, -0.1) is 12.4 Å². The van der Waals surface area contributed by atoms with Crippen LogP contribution in [-0.2, 0) is 17.9 Å². The zero-order chi connectivity index (χ0) is 20.2. The van der Waals surface area contributed by atoms with E-state index in [1.165, 1.54) is 0 Å². The van der Waals surface area contributed by atoms with Gasteiger partial charge in [0.15, 0.2) is 0 Å². The van der Waals surface area contributed by atoms with Gasteiger partial charge in [0.25, 0.3) is 0 Å². The van der Waals surface area contributed by atoms with E-state index in [4.69, 9.17) is 16.9 Å². The molecule has 0 spiro atoms. The van der Waals surface area contributed by atoms with Crippen molar-refractivity contribution in [2.24, 2.45) is 0 Å². The van der Waals surface area contributed by atoms with Gasteiger partial charge in [-0.05, 0) is 48.4 Å². The number of nitriles is 1. The third kappa shape index (κ3) is 4.76. The van der Waals surface area contributed by atoms with Gasteiger partial charge in [0.05, 0.1) is 30.2 Å². The van der Waals surface area contributed by atoms with E-state index in [-0.39, 0.29) is 24.4 Å². The molecule has 8 heteroatoms. The van der Waals surface area contributed by atoms with Crippen molar-refractivity contribution in [1.29, 1.82) is 5.26 Å². The number of carbonyl (C=O) groups is 1. The van der Waals surface area contributed by atoms with Crippen molar-refractivity contribution in [3.63, 3.8) is 0 Å². The van der Waals surface area contributed by atoms with E-state index >= 15 is 0 Å². The highest BCUT2D eigenvalue weighted by molar-refractivity contribution is 6.30. The molecule has 1 atom stereocenters. The number of anilines is 1. The Morgan fingerprint density at radius 2 is 1.93 bits per heavy atom. The standard InChI is InChI=1S/C22H20ClN5O.ClH/c23-18-5-7-19(8-6-18)28(21-9-10-26-22(21)29)14-20-12-25-15-27(20)13-17-3-1-16(11-24)2-4-17;/h1-8,12,15,21H,9-10,13-14H2,(H,26,29);1H/t21-;/m1./s1. The number of imidazole rings is 1. The van der Waals surface area contributed by atoms with E-state index in [0.717, 1.165) is 23.4 Å². The number of hydrogen-bond donors (Lipinski definition) is 1. The fourth-order valence-electron chi connectivity index (χ4n) is 3.57. The number of rotatable bonds is 6. The Morgan fingerprint density at radius 3 is 2.57 bits per heavy atom. The number of carbonyl (C=O) groups excluding carboxylic acids is 1. The van der Waals surface area contributed by atoms with Crippen LogP contribution in [0.1, 0.15) is 23.2 Å². The molecule has 154 valence electrons. The van der Waals surface area contributed by atoms with Crippen molar-refractivity contribution in [3.8, 4) is 6.07 Å². The maximum Gasteiger partial charge on any atom is 0.242 e. The normalized spacial score (nSPS) is 15.2. The Morgan fingerprint density at radius 1 is 1.20 bits per heavy atom. The van der Waals surface area contributed by atoms with Crippen LogP contribution >= 0.6 is 24.0 Å². The molecule has 3 aromatic rings. The van der Waals surface area contributed by atoms with Crippen LogP contribution in [0, 0.1) is 11.3 Å². The zero-order valence-electron chi connectivity index (χ0n) is 16.2. The van der Waals surface area contributed by atoms with Gasteiger partial charge in [0, 0.05) is 30.0 Å². The van der Waals surface area contributed by atoms with Crippen molar-refractivity contribution in [2.45, 2.75) is 25.6 Å². The Balaban J connectivity index is 0.00000256. The maximum absolute atomic E-state index is 12.4. The van der Waals surface area contributed by atoms with Gasteiger partial charge in [-0.1, -0.05) is 23.7 Å². The van der Waals surface area contributed by atoms with Crippen molar-refractivity contribution >= 4 is 35.6 Å². The van der Waals surface area contributed by atoms with E-state index < -0.39 is 0 Å². The van der Waals surface area contributed by atoms with Crippen LogP contribution in [0.3, 0.4) is 0 Å². The Labute approximate surface area is 186 Å². The summed E-state index contributed by atoms with van der Waals surface area (Å²) in [6.45, 7) is 1.88. The summed E-state index contributed by atoms with van der Waals surface area (Å²) in [5.41, 5.74) is 3.67. The summed E-state index contributed by atoms with van der Waals surface area (Å²) in [4.78, 5) is 18.8. The van der Waals surface area contributed by atoms with Crippen molar-refractivity contribution in [2.75, 3.05) is 11.4 Å². The van der Waals surface area contributed by atoms with Crippen LogP contribution in [0.2, 0.25) is 5.02 Å². The molecule has 1 fully saturated rings. The molecule has 1 aliphatic heterocycles. The molecule has 2 heterocycles. The molecule has 6 nitrogen and oxygen atoms in total. The molecule has 0 aliphatic carbocycles. The predicted octanol–water partition coefficient (Wildman–Crippen LogP) is 3.77. The zero-order valence-corrected chi connectivity index (χ0v) is 17.7. The average Bonchev–Trinajstić information content (AvgIpc) is 3.36. The van der Waals surface area contributed by atoms with E-state index in [0.29, 0.717) is 30.2 Å². The molecule has 1 aromatic heterocycles. The maximum atomic E-state index is 12.4. The first kappa shape index (κ1) is 21.7. The number of amides is 1. The Kier molecular flexibility index (Phi) is 6.99. The lowest BCUT2D eigenvalue weighted by molar-refractivity contribution is -0.120. The lowest BCUT2D eigenvalue weighted by Gasteiger charge is -2.29. The van der Waals surface area contributed by atoms with Gasteiger partial charge in [0.2, 0.25) is 5.91 Å². The molecule has 1 N–H and O–H groups in total. The molecule has 2 aromatic carbocycles. The van der Waals surface area contributed by atoms with Crippen LogP contribution in [0.4, 0.5) is 5.69 Å². The molecule has 1 aliphatic rings. The topological polar surface area (TPSA) is 74.0 Å². The second-order valence-electron chi connectivity index (χ2n) is 7.02. The summed E-state index contributed by atoms with van der Waals surface area (Å²) in [5.74, 6) is 0.0399. The molecule has 0 radical (unpaired) electrons. The van der Waals surface area contributed by atoms with Gasteiger partial charge < -0.3 is 14.8 Å². The van der Waals surface area contributed by atoms with E-state index in [1.54, 1.807) is 6.33 Å². The van der Waals surface area contributed by atoms with Crippen LogP contribution in [0.5, 0.6) is 0 Å². The van der Waals surface area contributed by atoms with Gasteiger partial charge in [-0.25, -0.2) is 4.98 Å². The van der Waals surface area contributed by atoms with Crippen molar-refractivity contribution in [3.05, 3.63) is 82.9 Å². The predicted molar refractivity (Wildman–Crippen MR) is 119 cm³/mol. The largest absolute Gasteiger partial charge is 0.354 e. The highest BCUT2D eigenvalue weighted by Crippen LogP contribution is 2.25. The second kappa shape index (κ2) is 9.66. The fraction of sp³-hybridized carbons (Fsp3) is 0.227. The summed E-state index contributed by atoms with van der Waals surface area (Å²) < 4.78 is 2.07. The number of halogens is 2. The van der Waals surface area contributed by atoms with Crippen molar-refractivity contribution < 1.29 is 4.79 Å². The number of benzene rings is 2. The minimum absolute atomic E-state index is 0. The highest BCUT2D eigenvalue weighted by atomic mass is 35.5. The summed E-state index contributed by atoms with van der Waals surface area (Å²) in [6.07, 6.45) is 4.38. The Bertz CT molecular complexity index is 1040. The highest BCUT2D eigenvalue weighted by Gasteiger charge is 2.31. The van der Waals surface area contributed by atoms with E-state index in [9.17, 15) is 4.79 Å². The monoisotopic (exact) mass is 441 g/mol. The first-order valence-corrected chi connectivity index (χ1v) is 9.80. The molecular weight excluding hydrogens is 421 g/mol. The van der Waals surface area contributed by atoms with Crippen LogP contribution in [0.15, 0.2) is 61.1 Å². The molecular formula is C22H21Cl2N5O. The number of hydrogen-bond acceptors (Lipinski definition) is 4. The minimum atomic E-state index is -0.227. The first-order valence-electron chi connectivity index (χ1n) is 9.42. The third-order valence-corrected chi connectivity index (χ3v) is 5.37. The fourth-order valence-corrected chi connectivity index (χ4v) is 3.70. The minimum Gasteiger partial charge on any atom is -0.354 e. The Hall–Kier alpha value is -3.01. The molecule has 0 bridgehead atoms. The molecule has 4 rings (SSSR count). The number of nitrogens with zero attached hydrogens (tertiary/aromatic N) is 4. The summed E-state index contributed by atoms with van der Waals surface area (Å²) >= 11 is 6.05. The van der Waals surface area contributed by atoms with Crippen LogP contribution in [-0.4, -0.2) is 28.0 Å². The average molecular weight is 442 g/mol. The number of nitrogens with one attached hydrogen (secondary N) is 1. The number of aromatic nitrogens is 2. The van der Waals surface area contributed by atoms with Crippen molar-refractivity contribution in [1.82, 2.24) is 14.9 Å². The third-order valence-electron chi connectivity index (χ3n) is 5.12. The summed E-state index contributed by atoms with van der Waals surface area (Å²) in [5, 5.41) is 12.6. The van der Waals surface area contributed by atoms with Gasteiger partial charge in [-0.3, -0.25) is 4.79 Å². The van der Waals surface area contributed by atoms with Gasteiger partial charge in [-0.2, -0.15) is 5.26 Å². The van der Waals surface area contributed by atoms with E-state index in [1.807, 2.05) is 54.7 Å². The summed E-state index contributed by atoms with van der Waals surface area (Å²) in [6, 6.07) is 17.0. The molecule has 30 heavy (non-hydrogen) atoms. The lowest BCUT2D eigenvalue weighted by Crippen LogP contribution is -2.40. The molecule has 1 amide bonds. The lowest BCUT2D eigenvalue weighted by atomic mass is 10.1.